The summed E-state index contributed by atoms with van der Waals surface area (Å²) < 4.78 is 42.8. The summed E-state index contributed by atoms with van der Waals surface area (Å²) in [6.07, 6.45) is 1.41. The smallest absolute Gasteiger partial charge is 0.396 e. The van der Waals surface area contributed by atoms with Crippen LogP contribution in [0.1, 0.15) is 25.0 Å². The van der Waals surface area contributed by atoms with Crippen LogP contribution >= 0.6 is 0 Å². The van der Waals surface area contributed by atoms with Crippen molar-refractivity contribution >= 4 is 11.4 Å². The van der Waals surface area contributed by atoms with Gasteiger partial charge in [0.2, 0.25) is 0 Å². The molecule has 0 saturated carbocycles. The Morgan fingerprint density at radius 2 is 1.80 bits per heavy atom. The summed E-state index contributed by atoms with van der Waals surface area (Å²) in [6.45, 7) is 2.33. The Hall–Kier alpha value is -3.18. The van der Waals surface area contributed by atoms with Gasteiger partial charge in [-0.05, 0) is 43.5 Å². The molecule has 2 fully saturated rings. The monoisotopic (exact) mass is 488 g/mol. The molecule has 0 aliphatic carbocycles. The number of anilines is 2. The molecule has 0 spiro atoms. The Bertz CT molecular complexity index is 1160. The quantitative estimate of drug-likeness (QED) is 0.570. The van der Waals surface area contributed by atoms with Crippen LogP contribution in [0.25, 0.3) is 17.1 Å². The van der Waals surface area contributed by atoms with E-state index in [0.29, 0.717) is 67.5 Å². The average molecular weight is 489 g/mol. The summed E-state index contributed by atoms with van der Waals surface area (Å²) in [6, 6.07) is 6.47. The van der Waals surface area contributed by atoms with Crippen molar-refractivity contribution in [2.75, 3.05) is 42.6 Å². The minimum atomic E-state index is -4.61. The van der Waals surface area contributed by atoms with E-state index in [0.717, 1.165) is 12.5 Å². The number of halogens is 3. The molecule has 0 bridgehead atoms. The number of hydrogen-bond donors (Lipinski definition) is 2. The first-order valence-electron chi connectivity index (χ1n) is 11.7. The summed E-state index contributed by atoms with van der Waals surface area (Å²) >= 11 is 0. The van der Waals surface area contributed by atoms with Crippen LogP contribution in [-0.2, 0) is 6.18 Å². The maximum atomic E-state index is 13.7. The number of pyridine rings is 2. The van der Waals surface area contributed by atoms with Gasteiger partial charge in [0.25, 0.3) is 0 Å². The molecule has 35 heavy (non-hydrogen) atoms. The molecule has 3 aromatic heterocycles. The molecule has 2 N–H and O–H groups in total. The first kappa shape index (κ1) is 23.6. The largest absolute Gasteiger partial charge is 0.433 e. The van der Waals surface area contributed by atoms with Gasteiger partial charge in [0.15, 0.2) is 5.82 Å². The zero-order valence-corrected chi connectivity index (χ0v) is 19.1. The highest BCUT2D eigenvalue weighted by Crippen LogP contribution is 2.41. The number of aromatic nitrogens is 4. The van der Waals surface area contributed by atoms with Crippen LogP contribution in [0.3, 0.4) is 0 Å². The predicted molar refractivity (Wildman–Crippen MR) is 124 cm³/mol. The Morgan fingerprint density at radius 3 is 2.46 bits per heavy atom. The molecule has 2 saturated heterocycles. The first-order chi connectivity index (χ1) is 16.8. The second kappa shape index (κ2) is 9.46. The van der Waals surface area contributed by atoms with Crippen molar-refractivity contribution in [1.82, 2.24) is 19.7 Å². The topological polar surface area (TPSA) is 90.5 Å². The molecule has 3 aromatic rings. The van der Waals surface area contributed by atoms with Crippen LogP contribution in [0.2, 0.25) is 0 Å². The molecule has 11 heteroatoms. The van der Waals surface area contributed by atoms with Gasteiger partial charge in [-0.25, -0.2) is 14.6 Å². The maximum Gasteiger partial charge on any atom is 0.433 e. The fourth-order valence-corrected chi connectivity index (χ4v) is 4.78. The van der Waals surface area contributed by atoms with E-state index < -0.39 is 18.0 Å². The highest BCUT2D eigenvalue weighted by molar-refractivity contribution is 5.85. The third-order valence-corrected chi connectivity index (χ3v) is 6.72. The molecule has 5 rings (SSSR count). The molecule has 8 nitrogen and oxygen atoms in total. The fraction of sp³-hybridized carbons (Fsp3) is 0.458. The second-order valence-electron chi connectivity index (χ2n) is 9.07. The Kier molecular flexibility index (Phi) is 6.37. The van der Waals surface area contributed by atoms with Crippen molar-refractivity contribution in [3.63, 3.8) is 0 Å². The molecule has 0 radical (unpaired) electrons. The number of rotatable bonds is 5. The van der Waals surface area contributed by atoms with Crippen LogP contribution in [0.15, 0.2) is 42.9 Å². The van der Waals surface area contributed by atoms with Gasteiger partial charge < -0.3 is 20.0 Å². The normalized spacial score (nSPS) is 19.5. The van der Waals surface area contributed by atoms with E-state index in [1.807, 2.05) is 11.0 Å². The molecule has 0 aromatic carbocycles. The van der Waals surface area contributed by atoms with Gasteiger partial charge in [-0.15, -0.1) is 0 Å². The van der Waals surface area contributed by atoms with Crippen molar-refractivity contribution in [2.45, 2.75) is 31.5 Å². The Labute approximate surface area is 200 Å². The lowest BCUT2D eigenvalue weighted by molar-refractivity contribution is -0.141. The van der Waals surface area contributed by atoms with E-state index in [1.54, 1.807) is 29.2 Å². The van der Waals surface area contributed by atoms with E-state index in [1.165, 1.54) is 6.20 Å². The van der Waals surface area contributed by atoms with Gasteiger partial charge in [0.05, 0.1) is 29.4 Å². The standard InChI is InChI=1S/C24H27F3N6O2/c25-24(26,27)21-12-18(20(13-28-21)31-10-5-17(35)6-11-31)23-19(32-9-4-16(14-32)15-34)2-3-22(30-23)33-8-1-7-29-33/h1-3,7-8,12-13,16-17,34-35H,4-6,9-11,14-15H2/t16-/m0/s1. The number of aliphatic hydroxyl groups excluding tert-OH is 2. The molecule has 186 valence electrons. The molecule has 5 heterocycles. The Morgan fingerprint density at radius 1 is 1.03 bits per heavy atom. The van der Waals surface area contributed by atoms with Crippen molar-refractivity contribution in [3.8, 4) is 17.1 Å². The zero-order chi connectivity index (χ0) is 24.6. The average Bonchev–Trinajstić information content (AvgIpc) is 3.56. The highest BCUT2D eigenvalue weighted by Gasteiger charge is 2.35. The van der Waals surface area contributed by atoms with Crippen LogP contribution in [0.4, 0.5) is 24.5 Å². The summed E-state index contributed by atoms with van der Waals surface area (Å²) in [5.41, 5.74) is 1.01. The lowest BCUT2D eigenvalue weighted by Gasteiger charge is -2.33. The van der Waals surface area contributed by atoms with E-state index in [2.05, 4.69) is 15.0 Å². The van der Waals surface area contributed by atoms with Crippen LogP contribution in [0, 0.1) is 5.92 Å². The fourth-order valence-electron chi connectivity index (χ4n) is 4.78. The van der Waals surface area contributed by atoms with Gasteiger partial charge in [0, 0.05) is 56.7 Å². The maximum absolute atomic E-state index is 13.7. The molecular weight excluding hydrogens is 461 g/mol. The number of nitrogens with zero attached hydrogens (tertiary/aromatic N) is 6. The SMILES string of the molecule is OC[C@H]1CCN(c2ccc(-n3cccn3)nc2-c2cc(C(F)(F)F)ncc2N2CCC(O)CC2)C1. The summed E-state index contributed by atoms with van der Waals surface area (Å²) in [5.74, 6) is 0.580. The first-order valence-corrected chi connectivity index (χ1v) is 11.7. The Balaban J connectivity index is 1.67. The van der Waals surface area contributed by atoms with Crippen LogP contribution in [0.5, 0.6) is 0 Å². The van der Waals surface area contributed by atoms with Gasteiger partial charge in [-0.3, -0.25) is 0 Å². The lowest BCUT2D eigenvalue weighted by Crippen LogP contribution is -2.36. The highest BCUT2D eigenvalue weighted by atomic mass is 19.4. The third-order valence-electron chi connectivity index (χ3n) is 6.72. The number of piperidine rings is 1. The summed E-state index contributed by atoms with van der Waals surface area (Å²) in [5, 5.41) is 23.8. The minimum absolute atomic E-state index is 0.0550. The molecule has 2 aliphatic heterocycles. The molecule has 2 aliphatic rings. The summed E-state index contributed by atoms with van der Waals surface area (Å²) in [7, 11) is 0. The van der Waals surface area contributed by atoms with E-state index in [-0.39, 0.29) is 12.5 Å². The molecular formula is C24H27F3N6O2. The van der Waals surface area contributed by atoms with E-state index >= 15 is 0 Å². The molecule has 1 atom stereocenters. The number of aliphatic hydroxyl groups is 2. The zero-order valence-electron chi connectivity index (χ0n) is 19.1. The van der Waals surface area contributed by atoms with Gasteiger partial charge in [-0.1, -0.05) is 0 Å². The van der Waals surface area contributed by atoms with Gasteiger partial charge in [-0.2, -0.15) is 18.3 Å². The van der Waals surface area contributed by atoms with Gasteiger partial charge in [0.1, 0.15) is 5.69 Å². The second-order valence-corrected chi connectivity index (χ2v) is 9.07. The third kappa shape index (κ3) is 4.83. The molecule has 0 unspecified atom stereocenters. The van der Waals surface area contributed by atoms with Crippen molar-refractivity contribution in [2.24, 2.45) is 5.92 Å². The van der Waals surface area contributed by atoms with Crippen molar-refractivity contribution in [3.05, 3.63) is 48.5 Å². The van der Waals surface area contributed by atoms with Crippen LogP contribution in [-0.4, -0.2) is 68.9 Å². The van der Waals surface area contributed by atoms with E-state index in [4.69, 9.17) is 4.98 Å². The molecule has 0 amide bonds. The van der Waals surface area contributed by atoms with Crippen molar-refractivity contribution in [1.29, 1.82) is 0 Å². The van der Waals surface area contributed by atoms with Crippen molar-refractivity contribution < 1.29 is 23.4 Å². The van der Waals surface area contributed by atoms with Gasteiger partial charge >= 0.3 is 6.18 Å². The lowest BCUT2D eigenvalue weighted by atomic mass is 10.0. The van der Waals surface area contributed by atoms with Crippen LogP contribution < -0.4 is 9.80 Å². The number of alkyl halides is 3. The number of hydrogen-bond acceptors (Lipinski definition) is 7. The predicted octanol–water partition coefficient (Wildman–Crippen LogP) is 3.13. The summed E-state index contributed by atoms with van der Waals surface area (Å²) in [4.78, 5) is 12.6. The minimum Gasteiger partial charge on any atom is -0.396 e. The van der Waals surface area contributed by atoms with E-state index in [9.17, 15) is 23.4 Å².